The van der Waals surface area contributed by atoms with Gasteiger partial charge in [-0.1, -0.05) is 0 Å². The predicted molar refractivity (Wildman–Crippen MR) is 137 cm³/mol. The normalized spacial score (nSPS) is 11.7. The van der Waals surface area contributed by atoms with Gasteiger partial charge in [0.2, 0.25) is 5.95 Å². The molecule has 0 unspecified atom stereocenters. The summed E-state index contributed by atoms with van der Waals surface area (Å²) in [6.45, 7) is 4.69. The zero-order valence-corrected chi connectivity index (χ0v) is 21.0. The largest absolute Gasteiger partial charge is 0.480 e. The van der Waals surface area contributed by atoms with E-state index in [0.717, 1.165) is 0 Å². The summed E-state index contributed by atoms with van der Waals surface area (Å²) >= 11 is 0. The maximum absolute atomic E-state index is 12.9. The molecule has 1 atom stereocenters. The minimum absolute atomic E-state index is 0.0198. The zero-order valence-electron chi connectivity index (χ0n) is 21.0. The maximum atomic E-state index is 12.9. The van der Waals surface area contributed by atoms with Gasteiger partial charge in [0.05, 0.1) is 24.5 Å². The second-order valence-electron chi connectivity index (χ2n) is 8.67. The highest BCUT2D eigenvalue weighted by molar-refractivity contribution is 5.97. The number of hydrogen-bond donors (Lipinski definition) is 4. The summed E-state index contributed by atoms with van der Waals surface area (Å²) in [7, 11) is 0. The average Bonchev–Trinajstić information content (AvgIpc) is 2.84. The van der Waals surface area contributed by atoms with Crippen LogP contribution in [-0.4, -0.2) is 60.9 Å². The number of nitrogens with two attached hydrogens (primary N) is 2. The van der Waals surface area contributed by atoms with E-state index in [0.29, 0.717) is 11.4 Å². The molecule has 3 aromatic rings. The van der Waals surface area contributed by atoms with Gasteiger partial charge >= 0.3 is 12.1 Å². The summed E-state index contributed by atoms with van der Waals surface area (Å²) in [6, 6.07) is 4.67. The second-order valence-corrected chi connectivity index (χ2v) is 8.67. The molecule has 14 heteroatoms. The number of Topliss-reactive ketones (excluding diaryl/α,β-unsaturated/α-hetero) is 1. The number of amides is 2. The van der Waals surface area contributed by atoms with Gasteiger partial charge in [-0.25, -0.2) is 19.6 Å². The van der Waals surface area contributed by atoms with Crippen molar-refractivity contribution in [3.05, 3.63) is 41.7 Å². The van der Waals surface area contributed by atoms with E-state index in [2.05, 4.69) is 25.3 Å². The third-order valence-electron chi connectivity index (χ3n) is 5.21. The van der Waals surface area contributed by atoms with Gasteiger partial charge in [0, 0.05) is 17.7 Å². The van der Waals surface area contributed by atoms with Gasteiger partial charge < -0.3 is 31.4 Å². The van der Waals surface area contributed by atoms with Crippen molar-refractivity contribution >= 4 is 52.4 Å². The number of ketones is 1. The average molecular weight is 525 g/mol. The van der Waals surface area contributed by atoms with E-state index in [-0.39, 0.29) is 53.7 Å². The van der Waals surface area contributed by atoms with Crippen LogP contribution in [-0.2, 0) is 20.9 Å². The van der Waals surface area contributed by atoms with E-state index in [1.54, 1.807) is 13.8 Å². The predicted octanol–water partition coefficient (Wildman–Crippen LogP) is 1.69. The van der Waals surface area contributed by atoms with E-state index in [1.807, 2.05) is 0 Å². The van der Waals surface area contributed by atoms with E-state index in [1.165, 1.54) is 42.3 Å². The van der Waals surface area contributed by atoms with Crippen LogP contribution in [0.2, 0.25) is 0 Å². The van der Waals surface area contributed by atoms with Gasteiger partial charge in [-0.3, -0.25) is 9.69 Å². The van der Waals surface area contributed by atoms with Crippen molar-refractivity contribution in [3.63, 3.8) is 0 Å². The Morgan fingerprint density at radius 1 is 1.08 bits per heavy atom. The molecule has 0 saturated heterocycles. The standard InChI is InChI=1S/C24H28N8O6/c1-12(2)38-24(37)32(11-15-10-27-20-18(28-15)19(25)30-23(26)31-20)16-7-5-14(6-8-16)21(34)29-17(22(35)36)9-4-13(3)33/h5-8,10,12,17H,4,9,11H2,1-3H3,(H,29,34)(H,35,36)(H4,25,26,27,30,31)/t17-/m0/s1. The first-order valence-electron chi connectivity index (χ1n) is 11.6. The number of nitrogen functional groups attached to an aromatic ring is 2. The van der Waals surface area contributed by atoms with Crippen LogP contribution in [0.1, 0.15) is 49.7 Å². The molecule has 38 heavy (non-hydrogen) atoms. The minimum atomic E-state index is -1.25. The summed E-state index contributed by atoms with van der Waals surface area (Å²) < 4.78 is 5.37. The van der Waals surface area contributed by atoms with Crippen molar-refractivity contribution in [3.8, 4) is 0 Å². The lowest BCUT2D eigenvalue weighted by Crippen LogP contribution is -2.41. The molecule has 0 aliphatic rings. The number of carboxylic acids is 1. The fourth-order valence-electron chi connectivity index (χ4n) is 3.39. The van der Waals surface area contributed by atoms with Crippen LogP contribution in [0.5, 0.6) is 0 Å². The Balaban J connectivity index is 1.84. The smallest absolute Gasteiger partial charge is 0.414 e. The first-order valence-corrected chi connectivity index (χ1v) is 11.6. The summed E-state index contributed by atoms with van der Waals surface area (Å²) in [5, 5.41) is 11.8. The molecule has 2 amide bonds. The number of aliphatic carboxylic acids is 1. The van der Waals surface area contributed by atoms with E-state index in [4.69, 9.17) is 16.2 Å². The van der Waals surface area contributed by atoms with Crippen molar-refractivity contribution in [2.75, 3.05) is 16.4 Å². The quantitative estimate of drug-likeness (QED) is 0.298. The van der Waals surface area contributed by atoms with Gasteiger partial charge in [0.15, 0.2) is 17.0 Å². The number of ether oxygens (including phenoxy) is 1. The number of nitrogens with zero attached hydrogens (tertiary/aromatic N) is 5. The number of fused-ring (bicyclic) bond motifs is 1. The highest BCUT2D eigenvalue weighted by Gasteiger charge is 2.23. The van der Waals surface area contributed by atoms with Crippen molar-refractivity contribution in [2.24, 2.45) is 0 Å². The second kappa shape index (κ2) is 11.9. The molecule has 14 nitrogen and oxygen atoms in total. The number of aromatic nitrogens is 4. The van der Waals surface area contributed by atoms with Crippen LogP contribution in [0.3, 0.4) is 0 Å². The van der Waals surface area contributed by atoms with Crippen LogP contribution in [0.4, 0.5) is 22.2 Å². The number of carbonyl (C=O) groups is 4. The summed E-state index contributed by atoms with van der Waals surface area (Å²) in [6.07, 6.45) is 0.326. The summed E-state index contributed by atoms with van der Waals surface area (Å²) in [5.41, 5.74) is 12.8. The van der Waals surface area contributed by atoms with Crippen molar-refractivity contribution in [2.45, 2.75) is 52.3 Å². The van der Waals surface area contributed by atoms with Gasteiger partial charge in [-0.2, -0.15) is 9.97 Å². The Bertz CT molecular complexity index is 1360. The molecule has 0 spiro atoms. The van der Waals surface area contributed by atoms with Gasteiger partial charge in [-0.05, 0) is 51.5 Å². The van der Waals surface area contributed by atoms with Crippen LogP contribution < -0.4 is 21.7 Å². The maximum Gasteiger partial charge on any atom is 0.414 e. The van der Waals surface area contributed by atoms with Gasteiger partial charge in [-0.15, -0.1) is 0 Å². The lowest BCUT2D eigenvalue weighted by molar-refractivity contribution is -0.139. The Morgan fingerprint density at radius 3 is 2.37 bits per heavy atom. The highest BCUT2D eigenvalue weighted by atomic mass is 16.6. The van der Waals surface area contributed by atoms with Gasteiger partial charge in [0.1, 0.15) is 11.8 Å². The minimum Gasteiger partial charge on any atom is -0.480 e. The van der Waals surface area contributed by atoms with Crippen LogP contribution in [0.25, 0.3) is 11.2 Å². The Labute approximate surface area is 217 Å². The molecule has 2 heterocycles. The fraction of sp³-hybridized carbons (Fsp3) is 0.333. The molecule has 0 radical (unpaired) electrons. The number of carboxylic acid groups (broad SMARTS) is 1. The lowest BCUT2D eigenvalue weighted by Gasteiger charge is -2.23. The molecule has 0 aliphatic carbocycles. The van der Waals surface area contributed by atoms with Crippen molar-refractivity contribution in [1.82, 2.24) is 25.3 Å². The molecular formula is C24H28N8O6. The summed E-state index contributed by atoms with van der Waals surface area (Å²) in [5.74, 6) is -2.07. The number of hydrogen-bond acceptors (Lipinski definition) is 11. The monoisotopic (exact) mass is 524 g/mol. The topological polar surface area (TPSA) is 217 Å². The molecule has 0 bridgehead atoms. The van der Waals surface area contributed by atoms with Crippen LogP contribution in [0.15, 0.2) is 30.5 Å². The van der Waals surface area contributed by atoms with E-state index in [9.17, 15) is 24.3 Å². The molecule has 0 fully saturated rings. The number of benzene rings is 1. The molecule has 1 aromatic carbocycles. The lowest BCUT2D eigenvalue weighted by atomic mass is 10.1. The first kappa shape index (κ1) is 27.7. The Kier molecular flexibility index (Phi) is 8.68. The molecule has 6 N–H and O–H groups in total. The van der Waals surface area contributed by atoms with E-state index < -0.39 is 30.1 Å². The van der Waals surface area contributed by atoms with Gasteiger partial charge in [0.25, 0.3) is 5.91 Å². The molecule has 3 rings (SSSR count). The number of nitrogens with one attached hydrogen (secondary N) is 1. The first-order chi connectivity index (χ1) is 17.9. The SMILES string of the molecule is CC(=O)CC[C@H](NC(=O)c1ccc(N(Cc2cnc3nc(N)nc(N)c3n2)C(=O)OC(C)C)cc1)C(=O)O. The van der Waals surface area contributed by atoms with Crippen molar-refractivity contribution in [1.29, 1.82) is 0 Å². The van der Waals surface area contributed by atoms with Crippen LogP contribution >= 0.6 is 0 Å². The molecular weight excluding hydrogens is 496 g/mol. The molecule has 200 valence electrons. The third kappa shape index (κ3) is 7.09. The Hall–Kier alpha value is -4.88. The van der Waals surface area contributed by atoms with Crippen molar-refractivity contribution < 1.29 is 29.0 Å². The van der Waals surface area contributed by atoms with E-state index >= 15 is 0 Å². The van der Waals surface area contributed by atoms with Crippen LogP contribution in [0, 0.1) is 0 Å². The third-order valence-corrected chi connectivity index (χ3v) is 5.21. The molecule has 2 aromatic heterocycles. The summed E-state index contributed by atoms with van der Waals surface area (Å²) in [4.78, 5) is 66.0. The number of carbonyl (C=O) groups excluding carboxylic acids is 3. The number of rotatable bonds is 10. The Morgan fingerprint density at radius 2 is 1.76 bits per heavy atom. The zero-order chi connectivity index (χ0) is 28.0. The number of anilines is 3. The highest BCUT2D eigenvalue weighted by Crippen LogP contribution is 2.21. The molecule has 0 aliphatic heterocycles. The fourth-order valence-corrected chi connectivity index (χ4v) is 3.39. The molecule has 0 saturated carbocycles.